The second-order valence-corrected chi connectivity index (χ2v) is 8.44. The minimum atomic E-state index is -3.62. The summed E-state index contributed by atoms with van der Waals surface area (Å²) in [6.07, 6.45) is -0.486. The maximum atomic E-state index is 12.0. The topological polar surface area (TPSA) is 186 Å². The zero-order valence-electron chi connectivity index (χ0n) is 16.0. The first-order valence-corrected chi connectivity index (χ1v) is 10.7. The first-order valence-electron chi connectivity index (χ1n) is 8.82. The number of aliphatic hydroxyl groups excluding tert-OH is 2. The summed E-state index contributed by atoms with van der Waals surface area (Å²) in [5, 5.41) is 41.2. The fourth-order valence-corrected chi connectivity index (χ4v) is 2.97. The summed E-state index contributed by atoms with van der Waals surface area (Å²) in [4.78, 5) is 15.7. The number of hydrogen-bond acceptors (Lipinski definition) is 9. The van der Waals surface area contributed by atoms with Crippen LogP contribution in [0.4, 0.5) is 6.01 Å². The van der Waals surface area contributed by atoms with E-state index in [1.165, 1.54) is 12.1 Å². The Labute approximate surface area is 173 Å². The van der Waals surface area contributed by atoms with Crippen molar-refractivity contribution in [2.75, 3.05) is 17.5 Å². The lowest BCUT2D eigenvalue weighted by Crippen LogP contribution is -2.40. The molecule has 0 spiro atoms. The summed E-state index contributed by atoms with van der Waals surface area (Å²) < 4.78 is 29.0. The van der Waals surface area contributed by atoms with Crippen molar-refractivity contribution in [1.29, 1.82) is 5.26 Å². The molecule has 11 nitrogen and oxygen atoms in total. The van der Waals surface area contributed by atoms with Gasteiger partial charge in [0.05, 0.1) is 30.5 Å². The fourth-order valence-electron chi connectivity index (χ4n) is 2.55. The largest absolute Gasteiger partial charge is 0.508 e. The van der Waals surface area contributed by atoms with E-state index in [4.69, 9.17) is 4.42 Å². The zero-order chi connectivity index (χ0) is 22.3. The highest BCUT2D eigenvalue weighted by Gasteiger charge is 2.23. The van der Waals surface area contributed by atoms with Gasteiger partial charge in [0.25, 0.3) is 5.91 Å². The normalized spacial score (nSPS) is 14.3. The number of phenolic OH excluding ortho intramolecular Hbond substituents is 1. The first kappa shape index (κ1) is 23.1. The summed E-state index contributed by atoms with van der Waals surface area (Å²) in [5.41, 5.74) is 0.573. The van der Waals surface area contributed by atoms with E-state index in [9.17, 15) is 33.8 Å². The number of aromatic nitrogens is 1. The van der Waals surface area contributed by atoms with Crippen molar-refractivity contribution in [2.45, 2.75) is 25.0 Å². The van der Waals surface area contributed by atoms with Crippen molar-refractivity contribution in [2.24, 2.45) is 5.92 Å². The van der Waals surface area contributed by atoms with Gasteiger partial charge in [0, 0.05) is 6.54 Å². The molecule has 2 rings (SSSR count). The number of benzene rings is 1. The highest BCUT2D eigenvalue weighted by molar-refractivity contribution is 7.91. The Kier molecular flexibility index (Phi) is 7.76. The van der Waals surface area contributed by atoms with Gasteiger partial charge in [-0.1, -0.05) is 12.1 Å². The quantitative estimate of drug-likeness (QED) is 0.340. The maximum absolute atomic E-state index is 12.0. The molecule has 0 aliphatic carbocycles. The highest BCUT2D eigenvalue weighted by atomic mass is 32.2. The molecule has 1 aromatic carbocycles. The van der Waals surface area contributed by atoms with Crippen molar-refractivity contribution < 1.29 is 32.9 Å². The molecule has 0 radical (unpaired) electrons. The van der Waals surface area contributed by atoms with Gasteiger partial charge in [0.1, 0.15) is 12.0 Å². The molecule has 1 heterocycles. The van der Waals surface area contributed by atoms with Gasteiger partial charge in [-0.25, -0.2) is 13.1 Å². The Morgan fingerprint density at radius 3 is 2.53 bits per heavy atom. The number of aliphatic hydroxyl groups is 2. The second-order valence-electron chi connectivity index (χ2n) is 6.69. The van der Waals surface area contributed by atoms with Gasteiger partial charge < -0.3 is 25.1 Å². The molecule has 2 aromatic rings. The molecule has 30 heavy (non-hydrogen) atoms. The number of rotatable bonds is 10. The standard InChI is InChI=1S/C18H22N4O7S/c1-30(27,28)22-18-21-14(10-29-18)17(26)20-9-16(25)15(24)7-12(8-19)6-11-2-4-13(23)5-3-11/h2-5,10,12,15-16,23-25H,6-7,9H2,1H3,(H,20,26)(H,21,22). The predicted molar refractivity (Wildman–Crippen MR) is 105 cm³/mol. The minimum absolute atomic E-state index is 0.0270. The summed E-state index contributed by atoms with van der Waals surface area (Å²) in [7, 11) is -3.62. The van der Waals surface area contributed by atoms with E-state index in [0.717, 1.165) is 18.1 Å². The van der Waals surface area contributed by atoms with Crippen molar-refractivity contribution in [1.82, 2.24) is 10.3 Å². The zero-order valence-corrected chi connectivity index (χ0v) is 16.8. The van der Waals surface area contributed by atoms with Crippen molar-refractivity contribution in [3.05, 3.63) is 41.8 Å². The van der Waals surface area contributed by atoms with Crippen LogP contribution in [0.25, 0.3) is 0 Å². The third-order valence-electron chi connectivity index (χ3n) is 4.05. The number of amides is 1. The Hall–Kier alpha value is -3.14. The first-order chi connectivity index (χ1) is 14.1. The Morgan fingerprint density at radius 2 is 1.93 bits per heavy atom. The van der Waals surface area contributed by atoms with Crippen molar-refractivity contribution in [3.63, 3.8) is 0 Å². The molecule has 12 heteroatoms. The molecular weight excluding hydrogens is 416 g/mol. The van der Waals surface area contributed by atoms with E-state index in [2.05, 4.69) is 16.4 Å². The maximum Gasteiger partial charge on any atom is 0.309 e. The van der Waals surface area contributed by atoms with Crippen LogP contribution in [-0.4, -0.2) is 59.6 Å². The van der Waals surface area contributed by atoms with Gasteiger partial charge in [0.2, 0.25) is 10.0 Å². The lowest BCUT2D eigenvalue weighted by atomic mass is 9.93. The van der Waals surface area contributed by atoms with E-state index >= 15 is 0 Å². The summed E-state index contributed by atoms with van der Waals surface area (Å²) in [6, 6.07) is 7.99. The molecule has 0 fully saturated rings. The molecule has 162 valence electrons. The van der Waals surface area contributed by atoms with Crippen LogP contribution in [0.5, 0.6) is 5.75 Å². The van der Waals surface area contributed by atoms with Crippen LogP contribution in [0.3, 0.4) is 0 Å². The van der Waals surface area contributed by atoms with E-state index in [-0.39, 0.29) is 30.4 Å². The van der Waals surface area contributed by atoms with E-state index < -0.39 is 34.1 Å². The van der Waals surface area contributed by atoms with E-state index in [0.29, 0.717) is 6.42 Å². The smallest absolute Gasteiger partial charge is 0.309 e. The average Bonchev–Trinajstić information content (AvgIpc) is 3.13. The van der Waals surface area contributed by atoms with Crippen molar-refractivity contribution in [3.8, 4) is 11.8 Å². The molecule has 0 aliphatic heterocycles. The van der Waals surface area contributed by atoms with Gasteiger partial charge >= 0.3 is 6.01 Å². The molecule has 1 aromatic heterocycles. The van der Waals surface area contributed by atoms with Crippen LogP contribution in [0, 0.1) is 17.2 Å². The van der Waals surface area contributed by atoms with Crippen LogP contribution in [0.15, 0.2) is 34.9 Å². The fraction of sp³-hybridized carbons (Fsp3) is 0.389. The minimum Gasteiger partial charge on any atom is -0.508 e. The number of sulfonamides is 1. The molecule has 5 N–H and O–H groups in total. The van der Waals surface area contributed by atoms with Crippen LogP contribution in [0.1, 0.15) is 22.5 Å². The van der Waals surface area contributed by atoms with E-state index in [1.807, 2.05) is 4.72 Å². The highest BCUT2D eigenvalue weighted by Crippen LogP contribution is 2.18. The number of phenols is 1. The van der Waals surface area contributed by atoms with Gasteiger partial charge in [-0.15, -0.1) is 0 Å². The molecule has 3 atom stereocenters. The monoisotopic (exact) mass is 438 g/mol. The summed E-state index contributed by atoms with van der Waals surface area (Å²) in [5.74, 6) is -1.23. The Balaban J connectivity index is 1.84. The number of anilines is 1. The van der Waals surface area contributed by atoms with E-state index in [1.54, 1.807) is 12.1 Å². The number of nitrogens with zero attached hydrogens (tertiary/aromatic N) is 2. The molecule has 1 amide bonds. The van der Waals surface area contributed by atoms with Crippen LogP contribution in [0.2, 0.25) is 0 Å². The lowest BCUT2D eigenvalue weighted by molar-refractivity contribution is 0.00986. The summed E-state index contributed by atoms with van der Waals surface area (Å²) >= 11 is 0. The van der Waals surface area contributed by atoms with Gasteiger partial charge in [-0.2, -0.15) is 10.2 Å². The number of nitriles is 1. The number of carbonyl (C=O) groups is 1. The molecule has 3 unspecified atom stereocenters. The van der Waals surface area contributed by atoms with Crippen LogP contribution in [-0.2, 0) is 16.4 Å². The third kappa shape index (κ3) is 7.36. The van der Waals surface area contributed by atoms with Gasteiger partial charge in [-0.3, -0.25) is 4.79 Å². The summed E-state index contributed by atoms with van der Waals surface area (Å²) in [6.45, 7) is -0.320. The van der Waals surface area contributed by atoms with Crippen LogP contribution >= 0.6 is 0 Å². The van der Waals surface area contributed by atoms with Gasteiger partial charge in [0.15, 0.2) is 5.69 Å². The lowest BCUT2D eigenvalue weighted by Gasteiger charge is -2.20. The molecule has 0 bridgehead atoms. The number of nitrogens with one attached hydrogen (secondary N) is 2. The number of oxazole rings is 1. The Morgan fingerprint density at radius 1 is 1.27 bits per heavy atom. The van der Waals surface area contributed by atoms with Crippen LogP contribution < -0.4 is 10.0 Å². The number of aromatic hydroxyl groups is 1. The predicted octanol–water partition coefficient (Wildman–Crippen LogP) is -0.0241. The molecular formula is C18H22N4O7S. The second kappa shape index (κ2) is 10.1. The van der Waals surface area contributed by atoms with Gasteiger partial charge in [-0.05, 0) is 30.5 Å². The Bertz CT molecular complexity index is 998. The SMILES string of the molecule is CS(=O)(=O)Nc1nc(C(=O)NCC(O)C(O)CC(C#N)Cc2ccc(O)cc2)co1. The molecule has 0 saturated heterocycles. The molecule has 0 aliphatic rings. The molecule has 0 saturated carbocycles. The number of hydrogen-bond donors (Lipinski definition) is 5. The van der Waals surface area contributed by atoms with Crippen molar-refractivity contribution >= 4 is 21.9 Å². The average molecular weight is 438 g/mol. The third-order valence-corrected chi connectivity index (χ3v) is 4.60. The number of carbonyl (C=O) groups excluding carboxylic acids is 1.